The molecule has 0 saturated carbocycles. The Morgan fingerprint density at radius 1 is 1.38 bits per heavy atom. The third-order valence-electron chi connectivity index (χ3n) is 3.17. The molecule has 16 heavy (non-hydrogen) atoms. The van der Waals surface area contributed by atoms with Crippen LogP contribution < -0.4 is 5.32 Å². The third kappa shape index (κ3) is 1.46. The standard InChI is InChI=1S/C12H14N4/c1-8-4-5-13-11-3-2-9(6-10(8)11)12-14-7-15-16-12/h2-3,6-8,13H,4-5H2,1H3,(H,14,15,16). The molecular weight excluding hydrogens is 200 g/mol. The average Bonchev–Trinajstić information content (AvgIpc) is 2.83. The van der Waals surface area contributed by atoms with Gasteiger partial charge in [0.15, 0.2) is 5.82 Å². The van der Waals surface area contributed by atoms with E-state index in [0.717, 1.165) is 17.9 Å². The molecule has 0 bridgehead atoms. The number of nitrogens with one attached hydrogen (secondary N) is 2. The monoisotopic (exact) mass is 214 g/mol. The SMILES string of the molecule is CC1CCNc2ccc(-c3nnc[nH]3)cc21. The first-order chi connectivity index (χ1) is 7.84. The van der Waals surface area contributed by atoms with Crippen LogP contribution in [0.4, 0.5) is 5.69 Å². The lowest BCUT2D eigenvalue weighted by Crippen LogP contribution is -2.14. The van der Waals surface area contributed by atoms with Crippen LogP contribution in [0.15, 0.2) is 24.5 Å². The first-order valence-electron chi connectivity index (χ1n) is 5.59. The van der Waals surface area contributed by atoms with Crippen LogP contribution in [-0.4, -0.2) is 21.7 Å². The summed E-state index contributed by atoms with van der Waals surface area (Å²) in [7, 11) is 0. The molecule has 2 aromatic rings. The number of aromatic amines is 1. The first-order valence-corrected chi connectivity index (χ1v) is 5.59. The van der Waals surface area contributed by atoms with Crippen LogP contribution in [0.5, 0.6) is 0 Å². The summed E-state index contributed by atoms with van der Waals surface area (Å²) in [4.78, 5) is 3.03. The Morgan fingerprint density at radius 2 is 2.31 bits per heavy atom. The van der Waals surface area contributed by atoms with Crippen molar-refractivity contribution in [2.24, 2.45) is 0 Å². The van der Waals surface area contributed by atoms with Crippen molar-refractivity contribution in [3.8, 4) is 11.4 Å². The number of aromatic nitrogens is 3. The molecule has 0 amide bonds. The van der Waals surface area contributed by atoms with Gasteiger partial charge in [0.05, 0.1) is 0 Å². The number of fused-ring (bicyclic) bond motifs is 1. The number of benzene rings is 1. The van der Waals surface area contributed by atoms with Crippen molar-refractivity contribution < 1.29 is 0 Å². The van der Waals surface area contributed by atoms with Gasteiger partial charge in [-0.25, -0.2) is 0 Å². The Kier molecular flexibility index (Phi) is 2.13. The molecule has 2 N–H and O–H groups in total. The zero-order valence-electron chi connectivity index (χ0n) is 9.20. The molecule has 1 aliphatic rings. The lowest BCUT2D eigenvalue weighted by atomic mass is 9.91. The fourth-order valence-electron chi connectivity index (χ4n) is 2.20. The van der Waals surface area contributed by atoms with Crippen LogP contribution >= 0.6 is 0 Å². The number of H-pyrrole nitrogens is 1. The molecule has 1 aliphatic heterocycles. The summed E-state index contributed by atoms with van der Waals surface area (Å²) in [6.07, 6.45) is 2.79. The molecule has 0 saturated heterocycles. The highest BCUT2D eigenvalue weighted by atomic mass is 15.2. The van der Waals surface area contributed by atoms with Crippen molar-refractivity contribution in [2.45, 2.75) is 19.3 Å². The van der Waals surface area contributed by atoms with Gasteiger partial charge in [0, 0.05) is 17.8 Å². The second kappa shape index (κ2) is 3.63. The van der Waals surface area contributed by atoms with Gasteiger partial charge in [-0.2, -0.15) is 0 Å². The fraction of sp³-hybridized carbons (Fsp3) is 0.333. The summed E-state index contributed by atoms with van der Waals surface area (Å²) >= 11 is 0. The smallest absolute Gasteiger partial charge is 0.161 e. The summed E-state index contributed by atoms with van der Waals surface area (Å²) in [5.41, 5.74) is 3.73. The van der Waals surface area contributed by atoms with Gasteiger partial charge in [-0.3, -0.25) is 0 Å². The zero-order chi connectivity index (χ0) is 11.0. The lowest BCUT2D eigenvalue weighted by molar-refractivity contribution is 0.684. The number of nitrogens with zero attached hydrogens (tertiary/aromatic N) is 2. The normalized spacial score (nSPS) is 18.9. The number of hydrogen-bond acceptors (Lipinski definition) is 3. The molecule has 0 spiro atoms. The largest absolute Gasteiger partial charge is 0.385 e. The van der Waals surface area contributed by atoms with Gasteiger partial charge in [0.2, 0.25) is 0 Å². The van der Waals surface area contributed by atoms with Crippen LogP contribution in [0.25, 0.3) is 11.4 Å². The van der Waals surface area contributed by atoms with E-state index in [1.165, 1.54) is 17.7 Å². The van der Waals surface area contributed by atoms with Crippen LogP contribution in [0.2, 0.25) is 0 Å². The second-order valence-electron chi connectivity index (χ2n) is 4.26. The minimum Gasteiger partial charge on any atom is -0.385 e. The molecule has 1 aromatic heterocycles. The highest BCUT2D eigenvalue weighted by molar-refractivity contribution is 5.65. The number of hydrogen-bond donors (Lipinski definition) is 2. The van der Waals surface area contributed by atoms with E-state index in [9.17, 15) is 0 Å². The van der Waals surface area contributed by atoms with Crippen molar-refractivity contribution in [2.75, 3.05) is 11.9 Å². The lowest BCUT2D eigenvalue weighted by Gasteiger charge is -2.24. The maximum Gasteiger partial charge on any atom is 0.161 e. The molecule has 82 valence electrons. The van der Waals surface area contributed by atoms with Gasteiger partial charge in [-0.1, -0.05) is 6.92 Å². The minimum absolute atomic E-state index is 0.610. The summed E-state index contributed by atoms with van der Waals surface area (Å²) in [5.74, 6) is 1.44. The van der Waals surface area contributed by atoms with Crippen LogP contribution in [-0.2, 0) is 0 Å². The van der Waals surface area contributed by atoms with E-state index in [1.54, 1.807) is 6.33 Å². The van der Waals surface area contributed by atoms with Crippen LogP contribution in [0.1, 0.15) is 24.8 Å². The summed E-state index contributed by atoms with van der Waals surface area (Å²) in [6.45, 7) is 3.33. The zero-order valence-corrected chi connectivity index (χ0v) is 9.20. The van der Waals surface area contributed by atoms with E-state index >= 15 is 0 Å². The topological polar surface area (TPSA) is 53.6 Å². The van der Waals surface area contributed by atoms with E-state index in [4.69, 9.17) is 0 Å². The molecule has 4 heteroatoms. The highest BCUT2D eigenvalue weighted by Gasteiger charge is 2.16. The maximum absolute atomic E-state index is 4.03. The molecule has 4 nitrogen and oxygen atoms in total. The maximum atomic E-state index is 4.03. The number of rotatable bonds is 1. The Hall–Kier alpha value is -1.84. The molecule has 0 radical (unpaired) electrons. The van der Waals surface area contributed by atoms with Crippen molar-refractivity contribution in [1.82, 2.24) is 15.2 Å². The van der Waals surface area contributed by atoms with Gasteiger partial charge in [0.25, 0.3) is 0 Å². The van der Waals surface area contributed by atoms with Crippen molar-refractivity contribution in [3.63, 3.8) is 0 Å². The Bertz CT molecular complexity index is 490. The average molecular weight is 214 g/mol. The highest BCUT2D eigenvalue weighted by Crippen LogP contribution is 2.33. The van der Waals surface area contributed by atoms with Crippen LogP contribution in [0.3, 0.4) is 0 Å². The predicted octanol–water partition coefficient (Wildman–Crippen LogP) is 2.39. The fourth-order valence-corrected chi connectivity index (χ4v) is 2.20. The molecule has 1 aromatic carbocycles. The summed E-state index contributed by atoms with van der Waals surface area (Å²) in [5, 5.41) is 11.3. The Labute approximate surface area is 94.1 Å². The van der Waals surface area contributed by atoms with E-state index in [1.807, 2.05) is 0 Å². The van der Waals surface area contributed by atoms with Gasteiger partial charge in [-0.15, -0.1) is 10.2 Å². The van der Waals surface area contributed by atoms with Gasteiger partial charge < -0.3 is 10.3 Å². The van der Waals surface area contributed by atoms with E-state index in [-0.39, 0.29) is 0 Å². The minimum atomic E-state index is 0.610. The van der Waals surface area contributed by atoms with Crippen LogP contribution in [0, 0.1) is 0 Å². The third-order valence-corrected chi connectivity index (χ3v) is 3.17. The van der Waals surface area contributed by atoms with E-state index < -0.39 is 0 Å². The summed E-state index contributed by atoms with van der Waals surface area (Å²) in [6, 6.07) is 6.40. The van der Waals surface area contributed by atoms with Gasteiger partial charge >= 0.3 is 0 Å². The molecule has 2 heterocycles. The molecule has 1 atom stereocenters. The second-order valence-corrected chi connectivity index (χ2v) is 4.26. The predicted molar refractivity (Wildman–Crippen MR) is 63.3 cm³/mol. The summed E-state index contributed by atoms with van der Waals surface area (Å²) < 4.78 is 0. The van der Waals surface area contributed by atoms with E-state index in [0.29, 0.717) is 5.92 Å². The molecule has 0 fully saturated rings. The van der Waals surface area contributed by atoms with Crippen molar-refractivity contribution in [3.05, 3.63) is 30.1 Å². The van der Waals surface area contributed by atoms with Gasteiger partial charge in [0.1, 0.15) is 6.33 Å². The molecule has 0 aliphatic carbocycles. The Balaban J connectivity index is 2.07. The van der Waals surface area contributed by atoms with E-state index in [2.05, 4.69) is 45.6 Å². The molecule has 1 unspecified atom stereocenters. The quantitative estimate of drug-likeness (QED) is 0.766. The molecule has 3 rings (SSSR count). The van der Waals surface area contributed by atoms with Crippen molar-refractivity contribution in [1.29, 1.82) is 0 Å². The first kappa shape index (κ1) is 9.39. The van der Waals surface area contributed by atoms with Crippen molar-refractivity contribution >= 4 is 5.69 Å². The number of anilines is 1. The Morgan fingerprint density at radius 3 is 3.12 bits per heavy atom. The van der Waals surface area contributed by atoms with Gasteiger partial charge in [-0.05, 0) is 36.1 Å². The molecular formula is C12H14N4.